The van der Waals surface area contributed by atoms with E-state index in [1.165, 1.54) is 25.9 Å². The van der Waals surface area contributed by atoms with Crippen LogP contribution in [0.15, 0.2) is 0 Å². The van der Waals surface area contributed by atoms with Crippen molar-refractivity contribution in [3.8, 4) is 0 Å². The van der Waals surface area contributed by atoms with Crippen LogP contribution in [0.3, 0.4) is 0 Å². The average Bonchev–Trinajstić information content (AvgIpc) is 2.29. The molecule has 0 aromatic heterocycles. The first-order chi connectivity index (χ1) is 7.70. The quantitative estimate of drug-likeness (QED) is 0.672. The van der Waals surface area contributed by atoms with Gasteiger partial charge in [0.2, 0.25) is 0 Å². The summed E-state index contributed by atoms with van der Waals surface area (Å²) in [5.41, 5.74) is 0.459. The van der Waals surface area contributed by atoms with Crippen molar-refractivity contribution in [2.75, 3.05) is 45.9 Å². The van der Waals surface area contributed by atoms with Crippen LogP contribution < -0.4 is 5.32 Å². The molecule has 1 N–H and O–H groups in total. The first-order valence-electron chi connectivity index (χ1n) is 6.71. The van der Waals surface area contributed by atoms with Gasteiger partial charge in [0.25, 0.3) is 0 Å². The van der Waals surface area contributed by atoms with E-state index in [2.05, 4.69) is 31.0 Å². The van der Waals surface area contributed by atoms with Crippen molar-refractivity contribution in [3.05, 3.63) is 0 Å². The second-order valence-electron chi connectivity index (χ2n) is 5.16. The maximum absolute atomic E-state index is 5.43. The standard InChI is InChI=1S/C13H28N2O/c1-4-15(9-10-16-5-2)12-13(3)7-6-8-14-11-13/h14H,4-12H2,1-3H3. The SMILES string of the molecule is CCOCCN(CC)CC1(C)CCCNC1. The molecule has 0 aromatic carbocycles. The zero-order chi connectivity index (χ0) is 11.9. The fraction of sp³-hybridized carbons (Fsp3) is 1.00. The van der Waals surface area contributed by atoms with Crippen molar-refractivity contribution in [2.24, 2.45) is 5.41 Å². The first kappa shape index (κ1) is 13.9. The zero-order valence-corrected chi connectivity index (χ0v) is 11.2. The molecule has 1 saturated heterocycles. The molecule has 1 fully saturated rings. The van der Waals surface area contributed by atoms with Gasteiger partial charge < -0.3 is 15.0 Å². The Morgan fingerprint density at radius 3 is 2.75 bits per heavy atom. The third kappa shape index (κ3) is 4.81. The molecule has 1 aliphatic heterocycles. The maximum Gasteiger partial charge on any atom is 0.0593 e. The Morgan fingerprint density at radius 1 is 1.38 bits per heavy atom. The minimum absolute atomic E-state index is 0.459. The predicted molar refractivity (Wildman–Crippen MR) is 68.8 cm³/mol. The van der Waals surface area contributed by atoms with Crippen LogP contribution in [-0.2, 0) is 4.74 Å². The fourth-order valence-electron chi connectivity index (χ4n) is 2.48. The summed E-state index contributed by atoms with van der Waals surface area (Å²) in [7, 11) is 0. The molecule has 16 heavy (non-hydrogen) atoms. The molecule has 3 heteroatoms. The van der Waals surface area contributed by atoms with Gasteiger partial charge >= 0.3 is 0 Å². The Labute approximate surface area is 101 Å². The molecular formula is C13H28N2O. The van der Waals surface area contributed by atoms with Crippen LogP contribution in [0.5, 0.6) is 0 Å². The van der Waals surface area contributed by atoms with Gasteiger partial charge in [-0.05, 0) is 38.3 Å². The molecule has 1 aliphatic rings. The van der Waals surface area contributed by atoms with Crippen LogP contribution in [-0.4, -0.2) is 50.8 Å². The molecule has 1 atom stereocenters. The third-order valence-corrected chi connectivity index (χ3v) is 3.49. The third-order valence-electron chi connectivity index (χ3n) is 3.49. The van der Waals surface area contributed by atoms with Crippen molar-refractivity contribution in [1.29, 1.82) is 0 Å². The Morgan fingerprint density at radius 2 is 2.19 bits per heavy atom. The van der Waals surface area contributed by atoms with Gasteiger partial charge in [-0.15, -0.1) is 0 Å². The van der Waals surface area contributed by atoms with Gasteiger partial charge in [-0.1, -0.05) is 13.8 Å². The molecule has 0 amide bonds. The lowest BCUT2D eigenvalue weighted by Gasteiger charge is -2.38. The van der Waals surface area contributed by atoms with Gasteiger partial charge in [0.1, 0.15) is 0 Å². The van der Waals surface area contributed by atoms with Crippen molar-refractivity contribution >= 4 is 0 Å². The van der Waals surface area contributed by atoms with E-state index < -0.39 is 0 Å². The van der Waals surface area contributed by atoms with Crippen LogP contribution >= 0.6 is 0 Å². The van der Waals surface area contributed by atoms with Crippen LogP contribution in [0.1, 0.15) is 33.6 Å². The van der Waals surface area contributed by atoms with E-state index in [0.717, 1.165) is 32.8 Å². The molecule has 1 heterocycles. The van der Waals surface area contributed by atoms with E-state index in [1.807, 2.05) is 0 Å². The van der Waals surface area contributed by atoms with Crippen molar-refractivity contribution in [3.63, 3.8) is 0 Å². The monoisotopic (exact) mass is 228 g/mol. The second-order valence-corrected chi connectivity index (χ2v) is 5.16. The van der Waals surface area contributed by atoms with E-state index in [9.17, 15) is 0 Å². The summed E-state index contributed by atoms with van der Waals surface area (Å²) < 4.78 is 5.43. The van der Waals surface area contributed by atoms with Crippen LogP contribution in [0.25, 0.3) is 0 Å². The molecule has 0 aromatic rings. The molecule has 0 radical (unpaired) electrons. The van der Waals surface area contributed by atoms with Gasteiger partial charge in [0.15, 0.2) is 0 Å². The number of likely N-dealkylation sites (N-methyl/N-ethyl adjacent to an activating group) is 1. The number of hydrogen-bond acceptors (Lipinski definition) is 3. The number of nitrogens with one attached hydrogen (secondary N) is 1. The van der Waals surface area contributed by atoms with E-state index in [0.29, 0.717) is 5.41 Å². The molecule has 0 saturated carbocycles. The summed E-state index contributed by atoms with van der Waals surface area (Å²) in [5, 5.41) is 3.51. The highest BCUT2D eigenvalue weighted by atomic mass is 16.5. The van der Waals surface area contributed by atoms with Gasteiger partial charge in [0, 0.05) is 26.2 Å². The molecule has 0 spiro atoms. The highest BCUT2D eigenvalue weighted by Crippen LogP contribution is 2.26. The summed E-state index contributed by atoms with van der Waals surface area (Å²) >= 11 is 0. The van der Waals surface area contributed by atoms with E-state index in [1.54, 1.807) is 0 Å². The highest BCUT2D eigenvalue weighted by molar-refractivity contribution is 4.84. The number of piperidine rings is 1. The minimum Gasteiger partial charge on any atom is -0.380 e. The second kappa shape index (κ2) is 7.25. The van der Waals surface area contributed by atoms with E-state index in [4.69, 9.17) is 4.74 Å². The summed E-state index contributed by atoms with van der Waals surface area (Å²) in [6.07, 6.45) is 2.67. The van der Waals surface area contributed by atoms with Crippen LogP contribution in [0.2, 0.25) is 0 Å². The topological polar surface area (TPSA) is 24.5 Å². The van der Waals surface area contributed by atoms with Crippen molar-refractivity contribution in [1.82, 2.24) is 10.2 Å². The molecule has 0 aliphatic carbocycles. The number of nitrogens with zero attached hydrogens (tertiary/aromatic N) is 1. The largest absolute Gasteiger partial charge is 0.380 e. The van der Waals surface area contributed by atoms with E-state index >= 15 is 0 Å². The molecule has 3 nitrogen and oxygen atoms in total. The summed E-state index contributed by atoms with van der Waals surface area (Å²) in [4.78, 5) is 2.52. The molecular weight excluding hydrogens is 200 g/mol. The number of ether oxygens (including phenoxy) is 1. The lowest BCUT2D eigenvalue weighted by molar-refractivity contribution is 0.0846. The zero-order valence-electron chi connectivity index (χ0n) is 11.2. The number of rotatable bonds is 7. The molecule has 1 unspecified atom stereocenters. The smallest absolute Gasteiger partial charge is 0.0593 e. The van der Waals surface area contributed by atoms with Crippen molar-refractivity contribution in [2.45, 2.75) is 33.6 Å². The predicted octanol–water partition coefficient (Wildman–Crippen LogP) is 1.73. The summed E-state index contributed by atoms with van der Waals surface area (Å²) in [6.45, 7) is 14.2. The first-order valence-corrected chi connectivity index (χ1v) is 6.71. The Balaban J connectivity index is 2.29. The lowest BCUT2D eigenvalue weighted by Crippen LogP contribution is -2.46. The Kier molecular flexibility index (Phi) is 6.32. The average molecular weight is 228 g/mol. The van der Waals surface area contributed by atoms with Gasteiger partial charge in [-0.2, -0.15) is 0 Å². The molecule has 0 bridgehead atoms. The minimum atomic E-state index is 0.459. The molecule has 96 valence electrons. The summed E-state index contributed by atoms with van der Waals surface area (Å²) in [5.74, 6) is 0. The van der Waals surface area contributed by atoms with Gasteiger partial charge in [0.05, 0.1) is 6.61 Å². The highest BCUT2D eigenvalue weighted by Gasteiger charge is 2.28. The van der Waals surface area contributed by atoms with Crippen LogP contribution in [0.4, 0.5) is 0 Å². The lowest BCUT2D eigenvalue weighted by atomic mass is 9.82. The fourth-order valence-corrected chi connectivity index (χ4v) is 2.48. The van der Waals surface area contributed by atoms with Gasteiger partial charge in [-0.25, -0.2) is 0 Å². The molecule has 1 rings (SSSR count). The summed E-state index contributed by atoms with van der Waals surface area (Å²) in [6, 6.07) is 0. The van der Waals surface area contributed by atoms with E-state index in [-0.39, 0.29) is 0 Å². The Hall–Kier alpha value is -0.120. The van der Waals surface area contributed by atoms with Crippen molar-refractivity contribution < 1.29 is 4.74 Å². The number of hydrogen-bond donors (Lipinski definition) is 1. The normalized spacial score (nSPS) is 26.2. The van der Waals surface area contributed by atoms with Crippen LogP contribution in [0, 0.1) is 5.41 Å². The van der Waals surface area contributed by atoms with Gasteiger partial charge in [-0.3, -0.25) is 0 Å². The maximum atomic E-state index is 5.43. The Bertz CT molecular complexity index is 179.